The summed E-state index contributed by atoms with van der Waals surface area (Å²) in [6.45, 7) is 6.81. The lowest BCUT2D eigenvalue weighted by Gasteiger charge is -2.29. The molecular weight excluding hydrogens is 264 g/mol. The number of rotatable bonds is 3. The maximum atomic E-state index is 12.6. The van der Waals surface area contributed by atoms with Gasteiger partial charge in [0.1, 0.15) is 0 Å². The van der Waals surface area contributed by atoms with Gasteiger partial charge in [-0.1, -0.05) is 20.3 Å². The van der Waals surface area contributed by atoms with Crippen molar-refractivity contribution in [2.24, 2.45) is 23.5 Å². The van der Waals surface area contributed by atoms with Crippen LogP contribution in [-0.4, -0.2) is 28.7 Å². The average molecular weight is 290 g/mol. The molecule has 5 heteroatoms. The highest BCUT2D eigenvalue weighted by molar-refractivity contribution is 5.38. The Morgan fingerprint density at radius 3 is 2.90 bits per heavy atom. The van der Waals surface area contributed by atoms with Crippen molar-refractivity contribution < 1.29 is 0 Å². The van der Waals surface area contributed by atoms with Crippen LogP contribution in [0, 0.1) is 17.8 Å². The fraction of sp³-hybridized carbons (Fsp3) is 0.750. The molecule has 116 valence electrons. The van der Waals surface area contributed by atoms with Crippen molar-refractivity contribution in [3.8, 4) is 0 Å². The van der Waals surface area contributed by atoms with Crippen molar-refractivity contribution in [1.82, 2.24) is 9.55 Å². The third-order valence-corrected chi connectivity index (χ3v) is 4.91. The Morgan fingerprint density at radius 2 is 2.19 bits per heavy atom. The molecule has 0 spiro atoms. The second-order valence-corrected chi connectivity index (χ2v) is 7.03. The minimum atomic E-state index is 0.0402. The molecule has 0 aromatic carbocycles. The third-order valence-electron chi connectivity index (χ3n) is 4.91. The van der Waals surface area contributed by atoms with E-state index in [0.29, 0.717) is 23.6 Å². The third kappa shape index (κ3) is 2.84. The van der Waals surface area contributed by atoms with Gasteiger partial charge in [-0.15, -0.1) is 0 Å². The first-order valence-electron chi connectivity index (χ1n) is 8.12. The van der Waals surface area contributed by atoms with E-state index < -0.39 is 0 Å². The van der Waals surface area contributed by atoms with Gasteiger partial charge in [0.2, 0.25) is 0 Å². The van der Waals surface area contributed by atoms with Crippen molar-refractivity contribution in [2.75, 3.05) is 18.0 Å². The van der Waals surface area contributed by atoms with Crippen LogP contribution < -0.4 is 16.2 Å². The van der Waals surface area contributed by atoms with E-state index in [1.807, 2.05) is 0 Å². The van der Waals surface area contributed by atoms with Crippen molar-refractivity contribution in [3.05, 3.63) is 22.7 Å². The summed E-state index contributed by atoms with van der Waals surface area (Å²) < 4.78 is 1.79. The van der Waals surface area contributed by atoms with Gasteiger partial charge in [-0.25, -0.2) is 4.98 Å². The maximum Gasteiger partial charge on any atom is 0.293 e. The summed E-state index contributed by atoms with van der Waals surface area (Å²) in [5, 5.41) is 0. The summed E-state index contributed by atoms with van der Waals surface area (Å²) in [6.07, 6.45) is 7.12. The highest BCUT2D eigenvalue weighted by Gasteiger charge is 2.39. The van der Waals surface area contributed by atoms with Crippen molar-refractivity contribution in [1.29, 1.82) is 0 Å². The lowest BCUT2D eigenvalue weighted by Crippen LogP contribution is -2.38. The molecule has 1 aromatic heterocycles. The number of nitrogens with zero attached hydrogens (tertiary/aromatic N) is 3. The van der Waals surface area contributed by atoms with Crippen LogP contribution in [0.4, 0.5) is 5.82 Å². The van der Waals surface area contributed by atoms with E-state index in [1.165, 1.54) is 12.8 Å². The average Bonchev–Trinajstić information content (AvgIpc) is 2.86. The predicted molar refractivity (Wildman–Crippen MR) is 84.4 cm³/mol. The molecule has 3 atom stereocenters. The number of aromatic nitrogens is 2. The summed E-state index contributed by atoms with van der Waals surface area (Å²) in [6, 6.07) is 0.287. The quantitative estimate of drug-likeness (QED) is 0.915. The molecule has 2 aliphatic rings. The summed E-state index contributed by atoms with van der Waals surface area (Å²) in [5.74, 6) is 2.22. The van der Waals surface area contributed by atoms with Gasteiger partial charge in [0.15, 0.2) is 5.82 Å². The van der Waals surface area contributed by atoms with Crippen LogP contribution in [0.3, 0.4) is 0 Å². The Morgan fingerprint density at radius 1 is 1.38 bits per heavy atom. The lowest BCUT2D eigenvalue weighted by atomic mass is 9.78. The summed E-state index contributed by atoms with van der Waals surface area (Å²) in [7, 11) is 0. The standard InChI is InChI=1S/C16H26N4O/c1-11(2)8-19-7-6-18-15(16(19)21)20-9-12-4-3-5-14(17)13(12)10-20/h6-7,11-14H,3-5,8-10,17H2,1-2H3. The normalized spacial score (nSPS) is 29.0. The van der Waals surface area contributed by atoms with Gasteiger partial charge in [0.05, 0.1) is 0 Å². The highest BCUT2D eigenvalue weighted by Crippen LogP contribution is 2.36. The molecular formula is C16H26N4O. The first-order chi connectivity index (χ1) is 10.1. The molecule has 2 fully saturated rings. The van der Waals surface area contributed by atoms with Crippen LogP contribution in [0.2, 0.25) is 0 Å². The van der Waals surface area contributed by atoms with Crippen LogP contribution in [0.5, 0.6) is 0 Å². The van der Waals surface area contributed by atoms with Crippen LogP contribution in [-0.2, 0) is 6.54 Å². The Hall–Kier alpha value is -1.36. The molecule has 2 N–H and O–H groups in total. The highest BCUT2D eigenvalue weighted by atomic mass is 16.1. The molecule has 1 saturated heterocycles. The summed E-state index contributed by atoms with van der Waals surface area (Å²) >= 11 is 0. The number of anilines is 1. The molecule has 1 aromatic rings. The maximum absolute atomic E-state index is 12.6. The van der Waals surface area contributed by atoms with Crippen molar-refractivity contribution in [2.45, 2.75) is 45.7 Å². The van der Waals surface area contributed by atoms with E-state index in [4.69, 9.17) is 5.73 Å². The summed E-state index contributed by atoms with van der Waals surface area (Å²) in [4.78, 5) is 19.1. The van der Waals surface area contributed by atoms with E-state index in [-0.39, 0.29) is 11.6 Å². The van der Waals surface area contributed by atoms with E-state index >= 15 is 0 Å². The number of hydrogen-bond acceptors (Lipinski definition) is 4. The predicted octanol–water partition coefficient (Wildman–Crippen LogP) is 1.46. The fourth-order valence-corrected chi connectivity index (χ4v) is 3.88. The smallest absolute Gasteiger partial charge is 0.293 e. The number of fused-ring (bicyclic) bond motifs is 1. The van der Waals surface area contributed by atoms with E-state index in [2.05, 4.69) is 23.7 Å². The first-order valence-corrected chi connectivity index (χ1v) is 8.12. The number of nitrogens with two attached hydrogens (primary N) is 1. The summed E-state index contributed by atoms with van der Waals surface area (Å²) in [5.41, 5.74) is 6.30. The lowest BCUT2D eigenvalue weighted by molar-refractivity contribution is 0.260. The fourth-order valence-electron chi connectivity index (χ4n) is 3.88. The molecule has 2 heterocycles. The minimum Gasteiger partial charge on any atom is -0.351 e. The molecule has 0 amide bonds. The molecule has 5 nitrogen and oxygen atoms in total. The van der Waals surface area contributed by atoms with Crippen molar-refractivity contribution in [3.63, 3.8) is 0 Å². The second kappa shape index (κ2) is 5.79. The first kappa shape index (κ1) is 14.6. The van der Waals surface area contributed by atoms with Gasteiger partial charge in [0, 0.05) is 38.1 Å². The van der Waals surface area contributed by atoms with Gasteiger partial charge in [-0.3, -0.25) is 4.79 Å². The Kier molecular flexibility index (Phi) is 4.02. The Bertz CT molecular complexity index is 553. The molecule has 3 unspecified atom stereocenters. The van der Waals surface area contributed by atoms with Gasteiger partial charge < -0.3 is 15.2 Å². The van der Waals surface area contributed by atoms with Crippen LogP contribution in [0.25, 0.3) is 0 Å². The molecule has 1 saturated carbocycles. The monoisotopic (exact) mass is 290 g/mol. The van der Waals surface area contributed by atoms with Crippen LogP contribution in [0.15, 0.2) is 17.2 Å². The zero-order chi connectivity index (χ0) is 15.0. The molecule has 0 radical (unpaired) electrons. The largest absolute Gasteiger partial charge is 0.351 e. The SMILES string of the molecule is CC(C)Cn1ccnc(N2CC3CCCC(N)C3C2)c1=O. The zero-order valence-electron chi connectivity index (χ0n) is 13.0. The number of hydrogen-bond donors (Lipinski definition) is 1. The minimum absolute atomic E-state index is 0.0402. The van der Waals surface area contributed by atoms with Crippen LogP contribution >= 0.6 is 0 Å². The van der Waals surface area contributed by atoms with E-state index in [9.17, 15) is 4.79 Å². The molecule has 1 aliphatic carbocycles. The molecule has 1 aliphatic heterocycles. The van der Waals surface area contributed by atoms with Crippen molar-refractivity contribution >= 4 is 5.82 Å². The van der Waals surface area contributed by atoms with Gasteiger partial charge in [0.25, 0.3) is 5.56 Å². The molecule has 3 rings (SSSR count). The topological polar surface area (TPSA) is 64.2 Å². The van der Waals surface area contributed by atoms with E-state index in [0.717, 1.165) is 26.1 Å². The Balaban J connectivity index is 1.83. The zero-order valence-corrected chi connectivity index (χ0v) is 13.0. The Labute approximate surface area is 126 Å². The molecule has 21 heavy (non-hydrogen) atoms. The van der Waals surface area contributed by atoms with Gasteiger partial charge in [-0.2, -0.15) is 0 Å². The second-order valence-electron chi connectivity index (χ2n) is 7.03. The van der Waals surface area contributed by atoms with Gasteiger partial charge >= 0.3 is 0 Å². The van der Waals surface area contributed by atoms with E-state index in [1.54, 1.807) is 17.0 Å². The van der Waals surface area contributed by atoms with Gasteiger partial charge in [-0.05, 0) is 30.6 Å². The van der Waals surface area contributed by atoms with Crippen LogP contribution in [0.1, 0.15) is 33.1 Å². The molecule has 0 bridgehead atoms.